The van der Waals surface area contributed by atoms with Crippen LogP contribution in [0, 0.1) is 5.95 Å². The molecule has 0 unspecified atom stereocenters. The maximum Gasteiger partial charge on any atom is 0.515 e. The first-order chi connectivity index (χ1) is 4.91. The molecule has 1 rings (SSSR count). The molecule has 1 heterocycles. The van der Waals surface area contributed by atoms with Crippen molar-refractivity contribution in [3.8, 4) is 0 Å². The second-order valence-electron chi connectivity index (χ2n) is 2.12. The van der Waals surface area contributed by atoms with E-state index >= 15 is 0 Å². The number of hydrogen-bond donors (Lipinski definition) is 0. The fraction of sp³-hybridized carbons (Fsp3) is 0.250. The van der Waals surface area contributed by atoms with E-state index < -0.39 is 18.4 Å². The Balaban J connectivity index is 3.13. The second kappa shape index (κ2) is 2.25. The summed E-state index contributed by atoms with van der Waals surface area (Å²) in [5.74, 6) is -1.46. The molecule has 0 N–H and O–H groups in total. The molecule has 1 aromatic heterocycles. The van der Waals surface area contributed by atoms with E-state index in [2.05, 4.69) is 5.10 Å². The van der Waals surface area contributed by atoms with E-state index in [1.165, 1.54) is 7.05 Å². The summed E-state index contributed by atoms with van der Waals surface area (Å²) < 4.78 is 48.6. The lowest BCUT2D eigenvalue weighted by atomic mass is 9.83. The number of rotatable bonds is 1. The van der Waals surface area contributed by atoms with Crippen LogP contribution in [0.4, 0.5) is 17.3 Å². The van der Waals surface area contributed by atoms with E-state index in [1.54, 1.807) is 0 Å². The van der Waals surface area contributed by atoms with Crippen molar-refractivity contribution in [1.29, 1.82) is 0 Å². The van der Waals surface area contributed by atoms with E-state index in [1.807, 2.05) is 0 Å². The van der Waals surface area contributed by atoms with Gasteiger partial charge in [-0.1, -0.05) is 0 Å². The average molecular weight is 167 g/mol. The highest BCUT2D eigenvalue weighted by Gasteiger charge is 2.31. The Bertz CT molecular complexity index is 266. The van der Waals surface area contributed by atoms with Crippen molar-refractivity contribution in [2.24, 2.45) is 7.05 Å². The van der Waals surface area contributed by atoms with Crippen LogP contribution in [-0.4, -0.2) is 16.8 Å². The zero-order valence-electron chi connectivity index (χ0n) is 5.56. The third kappa shape index (κ3) is 1.52. The zero-order valence-corrected chi connectivity index (χ0v) is 5.56. The first-order valence-corrected chi connectivity index (χ1v) is 2.80. The van der Waals surface area contributed by atoms with Crippen molar-refractivity contribution < 1.29 is 17.3 Å². The van der Waals surface area contributed by atoms with Crippen LogP contribution in [-0.2, 0) is 7.05 Å². The van der Waals surface area contributed by atoms with E-state index in [0.29, 0.717) is 6.20 Å². The lowest BCUT2D eigenvalue weighted by Gasteiger charge is -2.10. The van der Waals surface area contributed by atoms with Gasteiger partial charge in [0.1, 0.15) is 0 Å². The SMILES string of the molecule is Cn1cc([B-](F)(F)F)c(F)n1. The van der Waals surface area contributed by atoms with Crippen LogP contribution < -0.4 is 5.46 Å². The number of aryl methyl sites for hydroxylation is 1. The molecule has 0 atom stereocenters. The largest absolute Gasteiger partial charge is 0.515 e. The van der Waals surface area contributed by atoms with Gasteiger partial charge in [-0.2, -0.15) is 4.39 Å². The van der Waals surface area contributed by atoms with E-state index in [9.17, 15) is 17.3 Å². The highest BCUT2D eigenvalue weighted by Crippen LogP contribution is 2.09. The summed E-state index contributed by atoms with van der Waals surface area (Å²) in [5, 5.41) is 2.92. The highest BCUT2D eigenvalue weighted by molar-refractivity contribution is 6.73. The van der Waals surface area contributed by atoms with E-state index in [4.69, 9.17) is 0 Å². The van der Waals surface area contributed by atoms with Gasteiger partial charge < -0.3 is 12.9 Å². The highest BCUT2D eigenvalue weighted by atomic mass is 19.4. The number of hydrogen-bond acceptors (Lipinski definition) is 1. The van der Waals surface area contributed by atoms with Crippen molar-refractivity contribution in [2.75, 3.05) is 0 Å². The minimum atomic E-state index is -5.27. The Morgan fingerprint density at radius 2 is 2.00 bits per heavy atom. The molecular weight excluding hydrogens is 163 g/mol. The van der Waals surface area contributed by atoms with Crippen LogP contribution in [0.2, 0.25) is 0 Å². The fourth-order valence-corrected chi connectivity index (χ4v) is 0.699. The van der Waals surface area contributed by atoms with Crippen LogP contribution in [0.5, 0.6) is 0 Å². The maximum atomic E-state index is 12.3. The lowest BCUT2D eigenvalue weighted by molar-refractivity contribution is 0.491. The lowest BCUT2D eigenvalue weighted by Crippen LogP contribution is -2.35. The number of aromatic nitrogens is 2. The van der Waals surface area contributed by atoms with Gasteiger partial charge >= 0.3 is 6.98 Å². The zero-order chi connectivity index (χ0) is 8.65. The standard InChI is InChI=1S/C4H4BF4N2/c1-11-2-3(4(6)10-11)5(7,8)9/h2H,1H3/q-1. The minimum absolute atomic E-state index is 0.620. The summed E-state index contributed by atoms with van der Waals surface area (Å²) >= 11 is 0. The van der Waals surface area contributed by atoms with Crippen molar-refractivity contribution in [3.63, 3.8) is 0 Å². The third-order valence-corrected chi connectivity index (χ3v) is 1.16. The van der Waals surface area contributed by atoms with E-state index in [0.717, 1.165) is 4.68 Å². The van der Waals surface area contributed by atoms with Gasteiger partial charge in [0.2, 0.25) is 5.95 Å². The quantitative estimate of drug-likeness (QED) is 0.442. The van der Waals surface area contributed by atoms with Gasteiger partial charge in [0.05, 0.1) is 0 Å². The molecule has 1 aromatic rings. The summed E-state index contributed by atoms with van der Waals surface area (Å²) in [5.41, 5.74) is -1.27. The van der Waals surface area contributed by atoms with E-state index in [-0.39, 0.29) is 0 Å². The molecule has 0 saturated carbocycles. The molecule has 0 amide bonds. The summed E-state index contributed by atoms with van der Waals surface area (Å²) in [6.45, 7) is -5.27. The summed E-state index contributed by atoms with van der Waals surface area (Å²) in [7, 11) is 1.23. The molecule has 0 aromatic carbocycles. The van der Waals surface area contributed by atoms with Gasteiger partial charge in [-0.05, 0) is 5.46 Å². The minimum Gasteiger partial charge on any atom is -0.445 e. The predicted molar refractivity (Wildman–Crippen MR) is 31.9 cm³/mol. The smallest absolute Gasteiger partial charge is 0.445 e. The Morgan fingerprint density at radius 3 is 2.18 bits per heavy atom. The first kappa shape index (κ1) is 8.09. The molecular formula is C4H4BF4N2-. The molecule has 0 bridgehead atoms. The van der Waals surface area contributed by atoms with Gasteiger partial charge in [0.25, 0.3) is 0 Å². The van der Waals surface area contributed by atoms with Crippen molar-refractivity contribution in [1.82, 2.24) is 9.78 Å². The van der Waals surface area contributed by atoms with Gasteiger partial charge in [0, 0.05) is 13.2 Å². The predicted octanol–water partition coefficient (Wildman–Crippen LogP) is 0.614. The van der Waals surface area contributed by atoms with Crippen molar-refractivity contribution in [3.05, 3.63) is 12.1 Å². The van der Waals surface area contributed by atoms with Crippen LogP contribution >= 0.6 is 0 Å². The molecule has 11 heavy (non-hydrogen) atoms. The normalized spacial score (nSPS) is 12.1. The Labute approximate surface area is 59.9 Å². The molecule has 7 heteroatoms. The van der Waals surface area contributed by atoms with Gasteiger partial charge in [-0.3, -0.25) is 4.68 Å². The Hall–Kier alpha value is -1.01. The molecule has 0 fully saturated rings. The molecule has 62 valence electrons. The molecule has 0 saturated heterocycles. The average Bonchev–Trinajstić information content (AvgIpc) is 2.08. The van der Waals surface area contributed by atoms with Crippen molar-refractivity contribution >= 4 is 12.4 Å². The molecule has 0 radical (unpaired) electrons. The third-order valence-electron chi connectivity index (χ3n) is 1.16. The maximum absolute atomic E-state index is 12.3. The topological polar surface area (TPSA) is 17.8 Å². The van der Waals surface area contributed by atoms with Gasteiger partial charge in [-0.15, -0.1) is 5.10 Å². The van der Waals surface area contributed by atoms with Crippen LogP contribution in [0.3, 0.4) is 0 Å². The fourth-order valence-electron chi connectivity index (χ4n) is 0.699. The van der Waals surface area contributed by atoms with Crippen LogP contribution in [0.15, 0.2) is 6.20 Å². The molecule has 2 nitrogen and oxygen atoms in total. The Morgan fingerprint density at radius 1 is 1.45 bits per heavy atom. The molecule has 0 spiro atoms. The molecule has 0 aliphatic rings. The van der Waals surface area contributed by atoms with Crippen LogP contribution in [0.25, 0.3) is 0 Å². The Kier molecular flexibility index (Phi) is 1.65. The molecule has 0 aliphatic heterocycles. The van der Waals surface area contributed by atoms with Gasteiger partial charge in [0.15, 0.2) is 0 Å². The summed E-state index contributed by atoms with van der Waals surface area (Å²) in [6.07, 6.45) is 0.620. The van der Waals surface area contributed by atoms with Crippen LogP contribution in [0.1, 0.15) is 0 Å². The summed E-state index contributed by atoms with van der Waals surface area (Å²) in [6, 6.07) is 0. The first-order valence-electron chi connectivity index (χ1n) is 2.80. The molecule has 0 aliphatic carbocycles. The van der Waals surface area contributed by atoms with Crippen molar-refractivity contribution in [2.45, 2.75) is 0 Å². The second-order valence-corrected chi connectivity index (χ2v) is 2.12. The van der Waals surface area contributed by atoms with Gasteiger partial charge in [-0.25, -0.2) is 0 Å². The number of halogens is 4. The number of nitrogens with zero attached hydrogens (tertiary/aromatic N) is 2. The summed E-state index contributed by atoms with van der Waals surface area (Å²) in [4.78, 5) is 0. The monoisotopic (exact) mass is 167 g/mol.